The van der Waals surface area contributed by atoms with E-state index in [-0.39, 0.29) is 12.4 Å². The van der Waals surface area contributed by atoms with Crippen LogP contribution >= 0.6 is 34.8 Å². The maximum absolute atomic E-state index is 8.85. The van der Waals surface area contributed by atoms with E-state index in [1.165, 1.54) is 0 Å². The van der Waals surface area contributed by atoms with Crippen molar-refractivity contribution in [2.24, 2.45) is 0 Å². The van der Waals surface area contributed by atoms with Crippen molar-refractivity contribution in [2.45, 2.75) is 30.4 Å². The molecular formula is C9H19Cl4NO2. The van der Waals surface area contributed by atoms with Crippen LogP contribution in [0.3, 0.4) is 0 Å². The first kappa shape index (κ1) is 19.4. The fraction of sp³-hybridized carbons (Fsp3) is 1.00. The van der Waals surface area contributed by atoms with Crippen LogP contribution in [0.1, 0.15) is 20.3 Å². The molecule has 0 atom stereocenters. The second-order valence-corrected chi connectivity index (χ2v) is 6.26. The summed E-state index contributed by atoms with van der Waals surface area (Å²) in [5.74, 6) is 0. The number of aliphatic hydroxyl groups is 2. The molecule has 0 radical (unpaired) electrons. The smallest absolute Gasteiger partial charge is 0.238 e. The average molecular weight is 315 g/mol. The average Bonchev–Trinajstić information content (AvgIpc) is 2.10. The Balaban J connectivity index is 0. The van der Waals surface area contributed by atoms with Crippen LogP contribution in [0.5, 0.6) is 0 Å². The van der Waals surface area contributed by atoms with E-state index in [2.05, 4.69) is 0 Å². The van der Waals surface area contributed by atoms with Crippen molar-refractivity contribution < 1.29 is 27.1 Å². The van der Waals surface area contributed by atoms with Gasteiger partial charge in [0.2, 0.25) is 3.79 Å². The van der Waals surface area contributed by atoms with Crippen LogP contribution < -0.4 is 12.4 Å². The van der Waals surface area contributed by atoms with E-state index in [4.69, 9.17) is 45.0 Å². The number of nitrogens with zero attached hydrogens (tertiary/aromatic N) is 1. The minimum atomic E-state index is -1.30. The van der Waals surface area contributed by atoms with Crippen molar-refractivity contribution in [3.8, 4) is 0 Å². The van der Waals surface area contributed by atoms with Crippen molar-refractivity contribution in [1.82, 2.24) is 0 Å². The van der Waals surface area contributed by atoms with Crippen molar-refractivity contribution in [3.05, 3.63) is 0 Å². The molecule has 0 rings (SSSR count). The van der Waals surface area contributed by atoms with Gasteiger partial charge in [0.15, 0.2) is 6.29 Å². The van der Waals surface area contributed by atoms with Gasteiger partial charge in [-0.3, -0.25) is 0 Å². The Morgan fingerprint density at radius 1 is 1.12 bits per heavy atom. The maximum atomic E-state index is 8.85. The second kappa shape index (κ2) is 8.20. The Kier molecular flexibility index (Phi) is 9.93. The maximum Gasteiger partial charge on any atom is 0.238 e. The molecule has 0 aliphatic rings. The van der Waals surface area contributed by atoms with Crippen LogP contribution in [0.15, 0.2) is 0 Å². The molecule has 0 amide bonds. The third-order valence-corrected chi connectivity index (χ3v) is 3.08. The second-order valence-electron chi connectivity index (χ2n) is 3.74. The van der Waals surface area contributed by atoms with Gasteiger partial charge >= 0.3 is 0 Å². The van der Waals surface area contributed by atoms with Gasteiger partial charge in [0.25, 0.3) is 0 Å². The molecule has 0 aromatic rings. The molecule has 0 heterocycles. The van der Waals surface area contributed by atoms with Crippen molar-refractivity contribution in [1.29, 1.82) is 0 Å². The van der Waals surface area contributed by atoms with Gasteiger partial charge in [-0.1, -0.05) is 34.8 Å². The molecular weight excluding hydrogens is 296 g/mol. The molecule has 0 saturated heterocycles. The van der Waals surface area contributed by atoms with Crippen LogP contribution in [-0.2, 0) is 0 Å². The Labute approximate surface area is 118 Å². The van der Waals surface area contributed by atoms with Crippen LogP contribution in [0.2, 0.25) is 0 Å². The minimum Gasteiger partial charge on any atom is -1.00 e. The lowest BCUT2D eigenvalue weighted by Gasteiger charge is -2.39. The van der Waals surface area contributed by atoms with Gasteiger partial charge in [-0.2, -0.15) is 0 Å². The third-order valence-electron chi connectivity index (χ3n) is 2.72. The minimum absolute atomic E-state index is 0. The van der Waals surface area contributed by atoms with Gasteiger partial charge < -0.3 is 27.1 Å². The lowest BCUT2D eigenvalue weighted by Crippen LogP contribution is -3.00. The highest BCUT2D eigenvalue weighted by Crippen LogP contribution is 2.30. The van der Waals surface area contributed by atoms with E-state index in [0.29, 0.717) is 24.0 Å². The Morgan fingerprint density at radius 2 is 1.56 bits per heavy atom. The van der Waals surface area contributed by atoms with E-state index < -0.39 is 10.1 Å². The zero-order chi connectivity index (χ0) is 12.1. The van der Waals surface area contributed by atoms with Crippen molar-refractivity contribution in [2.75, 3.05) is 26.2 Å². The van der Waals surface area contributed by atoms with Crippen LogP contribution in [0.25, 0.3) is 0 Å². The monoisotopic (exact) mass is 313 g/mol. The number of alkyl halides is 3. The first-order chi connectivity index (χ1) is 6.74. The molecule has 7 heteroatoms. The molecule has 3 nitrogen and oxygen atoms in total. The molecule has 0 bridgehead atoms. The topological polar surface area (TPSA) is 40.5 Å². The first-order valence-electron chi connectivity index (χ1n) is 5.02. The molecule has 0 fully saturated rings. The van der Waals surface area contributed by atoms with E-state index in [1.807, 2.05) is 13.8 Å². The molecule has 100 valence electrons. The molecule has 16 heavy (non-hydrogen) atoms. The van der Waals surface area contributed by atoms with Crippen LogP contribution in [0, 0.1) is 0 Å². The fourth-order valence-corrected chi connectivity index (χ4v) is 2.37. The number of aliphatic hydroxyl groups excluding tert-OH is 1. The standard InChI is InChI=1S/C9H19Cl3NO2.ClH/c1-3-13(4-2,6-5-8(14)15)7-9(10,11)12;/h8,14-15H,3-7H2,1-2H3;1H/q+1;/p-1. The highest BCUT2D eigenvalue weighted by Gasteiger charge is 2.35. The predicted molar refractivity (Wildman–Crippen MR) is 64.2 cm³/mol. The summed E-state index contributed by atoms with van der Waals surface area (Å²) in [5, 5.41) is 17.7. The first-order valence-corrected chi connectivity index (χ1v) is 6.16. The summed E-state index contributed by atoms with van der Waals surface area (Å²) in [6.45, 7) is 6.59. The highest BCUT2D eigenvalue weighted by molar-refractivity contribution is 6.67. The Bertz CT molecular complexity index is 181. The number of hydrogen-bond donors (Lipinski definition) is 2. The van der Waals surface area contributed by atoms with E-state index in [0.717, 1.165) is 13.1 Å². The number of halogens is 4. The fourth-order valence-electron chi connectivity index (χ4n) is 1.61. The summed E-state index contributed by atoms with van der Waals surface area (Å²) in [6, 6.07) is 0. The zero-order valence-electron chi connectivity index (χ0n) is 9.47. The van der Waals surface area contributed by atoms with Gasteiger partial charge in [-0.15, -0.1) is 0 Å². The van der Waals surface area contributed by atoms with Gasteiger partial charge in [0.05, 0.1) is 19.6 Å². The quantitative estimate of drug-likeness (QED) is 0.372. The SMILES string of the molecule is CC[N+](CC)(CCC(O)O)CC(Cl)(Cl)Cl.[Cl-]. The Morgan fingerprint density at radius 3 is 1.81 bits per heavy atom. The summed E-state index contributed by atoms with van der Waals surface area (Å²) >= 11 is 17.3. The van der Waals surface area contributed by atoms with Gasteiger partial charge in [0, 0.05) is 6.42 Å². The summed E-state index contributed by atoms with van der Waals surface area (Å²) < 4.78 is -0.722. The molecule has 0 spiro atoms. The number of quaternary nitrogens is 1. The third kappa shape index (κ3) is 8.18. The normalized spacial score (nSPS) is 12.8. The van der Waals surface area contributed by atoms with E-state index >= 15 is 0 Å². The van der Waals surface area contributed by atoms with Gasteiger partial charge in [0.1, 0.15) is 6.54 Å². The molecule has 0 aromatic carbocycles. The largest absolute Gasteiger partial charge is 1.00 e. The van der Waals surface area contributed by atoms with Gasteiger partial charge in [-0.05, 0) is 13.8 Å². The number of hydrogen-bond acceptors (Lipinski definition) is 2. The summed E-state index contributed by atoms with van der Waals surface area (Å²) in [5.41, 5.74) is 0. The summed E-state index contributed by atoms with van der Waals surface area (Å²) in [4.78, 5) is 0. The lowest BCUT2D eigenvalue weighted by molar-refractivity contribution is -0.925. The zero-order valence-corrected chi connectivity index (χ0v) is 12.5. The lowest BCUT2D eigenvalue weighted by atomic mass is 10.2. The van der Waals surface area contributed by atoms with Crippen molar-refractivity contribution >= 4 is 34.8 Å². The molecule has 0 aromatic heterocycles. The number of rotatable bonds is 6. The molecule has 0 saturated carbocycles. The van der Waals surface area contributed by atoms with E-state index in [1.54, 1.807) is 0 Å². The molecule has 0 unspecified atom stereocenters. The van der Waals surface area contributed by atoms with E-state index in [9.17, 15) is 0 Å². The van der Waals surface area contributed by atoms with Crippen LogP contribution in [-0.4, -0.2) is 51.0 Å². The van der Waals surface area contributed by atoms with Gasteiger partial charge in [-0.25, -0.2) is 0 Å². The summed E-state index contributed by atoms with van der Waals surface area (Å²) in [7, 11) is 0. The molecule has 2 N–H and O–H groups in total. The summed E-state index contributed by atoms with van der Waals surface area (Å²) in [6.07, 6.45) is -1.00. The predicted octanol–water partition coefficient (Wildman–Crippen LogP) is -1.08. The molecule has 0 aliphatic carbocycles. The Hall–Kier alpha value is 1.04. The van der Waals surface area contributed by atoms with Crippen LogP contribution in [0.4, 0.5) is 0 Å². The highest BCUT2D eigenvalue weighted by atomic mass is 35.6. The molecule has 0 aliphatic heterocycles. The van der Waals surface area contributed by atoms with Crippen molar-refractivity contribution in [3.63, 3.8) is 0 Å².